The first-order valence-electron chi connectivity index (χ1n) is 5.94. The van der Waals surface area contributed by atoms with Crippen molar-refractivity contribution in [3.63, 3.8) is 0 Å². The van der Waals surface area contributed by atoms with E-state index in [0.29, 0.717) is 0 Å². The highest BCUT2D eigenvalue weighted by Crippen LogP contribution is 2.08. The van der Waals surface area contributed by atoms with Gasteiger partial charge in [-0.3, -0.25) is 4.99 Å². The maximum absolute atomic E-state index is 5.84. The summed E-state index contributed by atoms with van der Waals surface area (Å²) < 4.78 is 0. The molecule has 0 saturated heterocycles. The second-order valence-corrected chi connectivity index (χ2v) is 5.25. The van der Waals surface area contributed by atoms with Crippen LogP contribution in [0.5, 0.6) is 0 Å². The van der Waals surface area contributed by atoms with Crippen molar-refractivity contribution in [1.82, 2.24) is 10.6 Å². The van der Waals surface area contributed by atoms with Gasteiger partial charge < -0.3 is 10.6 Å². The van der Waals surface area contributed by atoms with Gasteiger partial charge in [-0.25, -0.2) is 0 Å². The summed E-state index contributed by atoms with van der Waals surface area (Å²) in [6, 6.07) is 7.81. The number of hydrogen-bond acceptors (Lipinski definition) is 2. The predicted molar refractivity (Wildman–Crippen MR) is 98.1 cm³/mol. The maximum Gasteiger partial charge on any atom is 0.191 e. The van der Waals surface area contributed by atoms with Gasteiger partial charge in [0.25, 0.3) is 0 Å². The average molecular weight is 414 g/mol. The van der Waals surface area contributed by atoms with Crippen LogP contribution in [0.2, 0.25) is 5.02 Å². The molecule has 0 aliphatic carbocycles. The maximum atomic E-state index is 5.84. The molecule has 0 heterocycles. The summed E-state index contributed by atoms with van der Waals surface area (Å²) >= 11 is 7.70. The number of aliphatic imine (C=N–C) groups is 1. The van der Waals surface area contributed by atoms with Crippen LogP contribution in [-0.2, 0) is 6.54 Å². The van der Waals surface area contributed by atoms with Crippen molar-refractivity contribution in [3.05, 3.63) is 34.9 Å². The molecule has 0 bridgehead atoms. The van der Waals surface area contributed by atoms with E-state index in [1.807, 2.05) is 36.0 Å². The van der Waals surface area contributed by atoms with Crippen LogP contribution in [0.15, 0.2) is 29.3 Å². The van der Waals surface area contributed by atoms with Gasteiger partial charge in [-0.15, -0.1) is 24.0 Å². The molecule has 1 aromatic rings. The fraction of sp³-hybridized carbons (Fsp3) is 0.462. The van der Waals surface area contributed by atoms with Crippen LogP contribution in [0.3, 0.4) is 0 Å². The Labute approximate surface area is 142 Å². The smallest absolute Gasteiger partial charge is 0.191 e. The molecule has 0 aromatic heterocycles. The summed E-state index contributed by atoms with van der Waals surface area (Å²) in [7, 11) is 1.78. The SMILES string of the molecule is CN=C(NCCCSC)NCc1ccc(Cl)cc1.I. The third-order valence-corrected chi connectivity index (χ3v) is 3.36. The Hall–Kier alpha value is -0.140. The number of nitrogens with one attached hydrogen (secondary N) is 2. The van der Waals surface area contributed by atoms with Crippen molar-refractivity contribution in [1.29, 1.82) is 0 Å². The first-order chi connectivity index (χ1) is 8.76. The molecular weight excluding hydrogens is 393 g/mol. The summed E-state index contributed by atoms with van der Waals surface area (Å²) in [5.41, 5.74) is 1.19. The molecule has 0 aliphatic heterocycles. The Bertz CT molecular complexity index is 371. The highest BCUT2D eigenvalue weighted by molar-refractivity contribution is 14.0. The van der Waals surface area contributed by atoms with Crippen LogP contribution in [-0.4, -0.2) is 31.6 Å². The Kier molecular flexibility index (Phi) is 11.6. The molecule has 6 heteroatoms. The normalized spacial score (nSPS) is 10.8. The summed E-state index contributed by atoms with van der Waals surface area (Å²) in [5.74, 6) is 2.01. The molecule has 3 nitrogen and oxygen atoms in total. The van der Waals surface area contributed by atoms with Gasteiger partial charge in [0.05, 0.1) is 0 Å². The summed E-state index contributed by atoms with van der Waals surface area (Å²) in [6.07, 6.45) is 3.26. The molecule has 0 saturated carbocycles. The van der Waals surface area contributed by atoms with E-state index in [1.54, 1.807) is 7.05 Å². The lowest BCUT2D eigenvalue weighted by molar-refractivity contribution is 0.786. The largest absolute Gasteiger partial charge is 0.356 e. The van der Waals surface area contributed by atoms with Gasteiger partial charge in [-0.2, -0.15) is 11.8 Å². The number of halogens is 2. The van der Waals surface area contributed by atoms with E-state index in [1.165, 1.54) is 11.3 Å². The number of guanidine groups is 1. The average Bonchev–Trinajstić information content (AvgIpc) is 2.40. The van der Waals surface area contributed by atoms with E-state index in [0.717, 1.165) is 30.5 Å². The number of rotatable bonds is 6. The van der Waals surface area contributed by atoms with Crippen LogP contribution in [0.25, 0.3) is 0 Å². The van der Waals surface area contributed by atoms with Crippen molar-refractivity contribution >= 4 is 53.3 Å². The second-order valence-electron chi connectivity index (χ2n) is 3.83. The lowest BCUT2D eigenvalue weighted by Gasteiger charge is -2.11. The fourth-order valence-corrected chi connectivity index (χ4v) is 1.99. The molecule has 0 amide bonds. The number of nitrogens with zero attached hydrogens (tertiary/aromatic N) is 1. The zero-order valence-electron chi connectivity index (χ0n) is 11.3. The van der Waals surface area contributed by atoms with Crippen LogP contribution in [0, 0.1) is 0 Å². The molecule has 0 fully saturated rings. The molecule has 1 aromatic carbocycles. The lowest BCUT2D eigenvalue weighted by Crippen LogP contribution is -2.37. The minimum Gasteiger partial charge on any atom is -0.356 e. The number of benzene rings is 1. The Balaban J connectivity index is 0.00000324. The summed E-state index contributed by atoms with van der Waals surface area (Å²) in [6.45, 7) is 1.69. The minimum absolute atomic E-state index is 0. The van der Waals surface area contributed by atoms with Crippen LogP contribution < -0.4 is 10.6 Å². The zero-order valence-corrected chi connectivity index (χ0v) is 15.2. The molecule has 2 N–H and O–H groups in total. The molecule has 0 aliphatic rings. The first-order valence-corrected chi connectivity index (χ1v) is 7.71. The second kappa shape index (κ2) is 11.7. The van der Waals surface area contributed by atoms with Gasteiger partial charge >= 0.3 is 0 Å². The number of thioether (sulfide) groups is 1. The topological polar surface area (TPSA) is 36.4 Å². The summed E-state index contributed by atoms with van der Waals surface area (Å²) in [4.78, 5) is 4.18. The van der Waals surface area contributed by atoms with E-state index < -0.39 is 0 Å². The van der Waals surface area contributed by atoms with Crippen LogP contribution in [0.1, 0.15) is 12.0 Å². The fourth-order valence-electron chi connectivity index (χ4n) is 1.43. The van der Waals surface area contributed by atoms with E-state index in [9.17, 15) is 0 Å². The Morgan fingerprint density at radius 1 is 1.26 bits per heavy atom. The molecule has 1 rings (SSSR count). The third-order valence-electron chi connectivity index (χ3n) is 2.41. The quantitative estimate of drug-likeness (QED) is 0.325. The van der Waals surface area contributed by atoms with Gasteiger partial charge in [0.1, 0.15) is 0 Å². The van der Waals surface area contributed by atoms with E-state index in [4.69, 9.17) is 11.6 Å². The Morgan fingerprint density at radius 2 is 1.95 bits per heavy atom. The van der Waals surface area contributed by atoms with E-state index >= 15 is 0 Å². The van der Waals surface area contributed by atoms with Crippen molar-refractivity contribution < 1.29 is 0 Å². The highest BCUT2D eigenvalue weighted by Gasteiger charge is 1.97. The zero-order chi connectivity index (χ0) is 13.2. The van der Waals surface area contributed by atoms with Gasteiger partial charge in [-0.1, -0.05) is 23.7 Å². The molecule has 19 heavy (non-hydrogen) atoms. The molecular formula is C13H21ClIN3S. The van der Waals surface area contributed by atoms with Gasteiger partial charge in [0.2, 0.25) is 0 Å². The summed E-state index contributed by atoms with van der Waals surface area (Å²) in [5, 5.41) is 7.32. The van der Waals surface area contributed by atoms with Crippen molar-refractivity contribution in [2.45, 2.75) is 13.0 Å². The molecule has 0 spiro atoms. The van der Waals surface area contributed by atoms with E-state index in [-0.39, 0.29) is 24.0 Å². The molecule has 0 radical (unpaired) electrons. The lowest BCUT2D eigenvalue weighted by atomic mass is 10.2. The minimum atomic E-state index is 0. The Morgan fingerprint density at radius 3 is 2.53 bits per heavy atom. The van der Waals surface area contributed by atoms with Crippen molar-refractivity contribution in [2.75, 3.05) is 25.6 Å². The molecule has 108 valence electrons. The van der Waals surface area contributed by atoms with Gasteiger partial charge in [-0.05, 0) is 36.1 Å². The predicted octanol–water partition coefficient (Wildman–Crippen LogP) is 3.38. The highest BCUT2D eigenvalue weighted by atomic mass is 127. The molecule has 0 atom stereocenters. The van der Waals surface area contributed by atoms with Crippen molar-refractivity contribution in [3.8, 4) is 0 Å². The number of hydrogen-bond donors (Lipinski definition) is 2. The standard InChI is InChI=1S/C13H20ClN3S.HI/c1-15-13(16-8-3-9-18-2)17-10-11-4-6-12(14)7-5-11;/h4-7H,3,8-10H2,1-2H3,(H2,15,16,17);1H. The van der Waals surface area contributed by atoms with Crippen LogP contribution >= 0.6 is 47.3 Å². The van der Waals surface area contributed by atoms with Gasteiger partial charge in [0.15, 0.2) is 5.96 Å². The first kappa shape index (κ1) is 18.9. The third kappa shape index (κ3) is 8.60. The van der Waals surface area contributed by atoms with Crippen LogP contribution in [0.4, 0.5) is 0 Å². The van der Waals surface area contributed by atoms with E-state index in [2.05, 4.69) is 21.9 Å². The van der Waals surface area contributed by atoms with Gasteiger partial charge in [0, 0.05) is 25.2 Å². The van der Waals surface area contributed by atoms with Crippen molar-refractivity contribution in [2.24, 2.45) is 4.99 Å². The monoisotopic (exact) mass is 413 g/mol. The molecule has 0 unspecified atom stereocenters.